The van der Waals surface area contributed by atoms with E-state index in [9.17, 15) is 0 Å². The van der Waals surface area contributed by atoms with Gasteiger partial charge in [-0.25, -0.2) is 0 Å². The molecular weight excluding hydrogens is 76.1 g/mol. The van der Waals surface area contributed by atoms with Crippen LogP contribution in [0.3, 0.4) is 0 Å². The number of rotatable bonds is 1. The monoisotopic (exact) mass is 86.1 g/mol. The number of hydrogen-bond donors (Lipinski definition) is 0. The van der Waals surface area contributed by atoms with Crippen molar-refractivity contribution in [3.8, 4) is 0 Å². The molecule has 0 aromatic carbocycles. The van der Waals surface area contributed by atoms with Crippen LogP contribution in [-0.4, -0.2) is 12.2 Å². The summed E-state index contributed by atoms with van der Waals surface area (Å²) in [4.78, 5) is 0. The lowest BCUT2D eigenvalue weighted by molar-refractivity contribution is 0.375. The van der Waals surface area contributed by atoms with E-state index < -0.39 is 0 Å². The Morgan fingerprint density at radius 2 is 2.17 bits per heavy atom. The molecule has 1 rings (SSSR count). The molecule has 36 valence electrons. The first-order valence-electron chi connectivity index (χ1n) is 2.50. The normalized spacial score (nSPS) is 43.0. The molecule has 1 aliphatic heterocycles. The summed E-state index contributed by atoms with van der Waals surface area (Å²) in [5, 5.41) is 0. The molecule has 0 amide bonds. The molecule has 0 unspecified atom stereocenters. The molecule has 0 aromatic heterocycles. The van der Waals surface area contributed by atoms with Crippen LogP contribution >= 0.6 is 0 Å². The van der Waals surface area contributed by atoms with Gasteiger partial charge in [0.2, 0.25) is 0 Å². The summed E-state index contributed by atoms with van der Waals surface area (Å²) in [6.45, 7) is 4.25. The highest BCUT2D eigenvalue weighted by Crippen LogP contribution is 2.22. The van der Waals surface area contributed by atoms with Gasteiger partial charge in [-0.1, -0.05) is 6.92 Å². The molecular formula is C5H10O. The lowest BCUT2D eigenvalue weighted by Crippen LogP contribution is -1.81. The molecule has 0 radical (unpaired) electrons. The van der Waals surface area contributed by atoms with E-state index in [1.54, 1.807) is 0 Å². The largest absolute Gasteiger partial charge is 0.370 e. The average Bonchev–Trinajstić information content (AvgIpc) is 2.19. The third kappa shape index (κ3) is 0.548. The third-order valence-corrected chi connectivity index (χ3v) is 1.24. The Hall–Kier alpha value is -0.0400. The van der Waals surface area contributed by atoms with Crippen LogP contribution in [0.15, 0.2) is 0 Å². The van der Waals surface area contributed by atoms with Gasteiger partial charge in [0.05, 0.1) is 12.2 Å². The first-order chi connectivity index (χ1) is 2.84. The third-order valence-electron chi connectivity index (χ3n) is 1.24. The van der Waals surface area contributed by atoms with Crippen molar-refractivity contribution in [2.75, 3.05) is 0 Å². The second-order valence-electron chi connectivity index (χ2n) is 1.79. The van der Waals surface area contributed by atoms with Crippen molar-refractivity contribution >= 4 is 0 Å². The molecule has 1 saturated heterocycles. The zero-order valence-corrected chi connectivity index (χ0v) is 4.27. The molecule has 1 nitrogen and oxygen atoms in total. The van der Waals surface area contributed by atoms with Crippen molar-refractivity contribution in [3.05, 3.63) is 0 Å². The maximum absolute atomic E-state index is 5.07. The molecule has 1 fully saturated rings. The average molecular weight is 86.1 g/mol. The zero-order chi connectivity index (χ0) is 4.57. The molecule has 0 N–H and O–H groups in total. The van der Waals surface area contributed by atoms with Gasteiger partial charge < -0.3 is 4.74 Å². The summed E-state index contributed by atoms with van der Waals surface area (Å²) in [7, 11) is 0. The van der Waals surface area contributed by atoms with Crippen LogP contribution in [0.5, 0.6) is 0 Å². The second kappa shape index (κ2) is 1.23. The fraction of sp³-hybridized carbons (Fsp3) is 1.00. The minimum Gasteiger partial charge on any atom is -0.370 e. The second-order valence-corrected chi connectivity index (χ2v) is 1.79. The Kier molecular flexibility index (Phi) is 0.845. The van der Waals surface area contributed by atoms with Crippen molar-refractivity contribution in [1.29, 1.82) is 0 Å². The Morgan fingerprint density at radius 3 is 2.17 bits per heavy atom. The van der Waals surface area contributed by atoms with Crippen LogP contribution in [0.1, 0.15) is 20.3 Å². The first-order valence-corrected chi connectivity index (χ1v) is 2.50. The fourth-order valence-corrected chi connectivity index (χ4v) is 0.659. The van der Waals surface area contributed by atoms with E-state index in [0.717, 1.165) is 0 Å². The van der Waals surface area contributed by atoms with E-state index in [0.29, 0.717) is 12.2 Å². The molecule has 2 atom stereocenters. The van der Waals surface area contributed by atoms with E-state index >= 15 is 0 Å². The van der Waals surface area contributed by atoms with Crippen LogP contribution in [-0.2, 0) is 4.74 Å². The summed E-state index contributed by atoms with van der Waals surface area (Å²) in [6.07, 6.45) is 2.35. The van der Waals surface area contributed by atoms with E-state index in [2.05, 4.69) is 13.8 Å². The van der Waals surface area contributed by atoms with Crippen molar-refractivity contribution in [1.82, 2.24) is 0 Å². The fourth-order valence-electron chi connectivity index (χ4n) is 0.659. The molecule has 0 bridgehead atoms. The van der Waals surface area contributed by atoms with Crippen LogP contribution in [0.4, 0.5) is 0 Å². The summed E-state index contributed by atoms with van der Waals surface area (Å²) in [5.74, 6) is 0. The smallest absolute Gasteiger partial charge is 0.0836 e. The highest BCUT2D eigenvalue weighted by atomic mass is 16.6. The molecule has 0 aliphatic carbocycles. The maximum atomic E-state index is 5.07. The lowest BCUT2D eigenvalue weighted by atomic mass is 10.3. The topological polar surface area (TPSA) is 12.5 Å². The Labute approximate surface area is 38.3 Å². The van der Waals surface area contributed by atoms with Gasteiger partial charge in [0.1, 0.15) is 0 Å². The summed E-state index contributed by atoms with van der Waals surface area (Å²) in [5.41, 5.74) is 0. The van der Waals surface area contributed by atoms with Crippen molar-refractivity contribution in [2.24, 2.45) is 0 Å². The van der Waals surface area contributed by atoms with Crippen LogP contribution in [0, 0.1) is 0 Å². The van der Waals surface area contributed by atoms with Crippen molar-refractivity contribution in [3.63, 3.8) is 0 Å². The lowest BCUT2D eigenvalue weighted by Gasteiger charge is -1.72. The van der Waals surface area contributed by atoms with Crippen LogP contribution in [0.25, 0.3) is 0 Å². The number of epoxide rings is 1. The molecule has 0 aromatic rings. The first kappa shape index (κ1) is 4.13. The summed E-state index contributed by atoms with van der Waals surface area (Å²) < 4.78 is 5.07. The number of ether oxygens (including phenoxy) is 1. The predicted molar refractivity (Wildman–Crippen MR) is 24.6 cm³/mol. The van der Waals surface area contributed by atoms with Gasteiger partial charge in [-0.15, -0.1) is 0 Å². The highest BCUT2D eigenvalue weighted by molar-refractivity contribution is 4.77. The van der Waals surface area contributed by atoms with Gasteiger partial charge in [0.15, 0.2) is 0 Å². The Morgan fingerprint density at radius 1 is 1.67 bits per heavy atom. The molecule has 6 heavy (non-hydrogen) atoms. The summed E-state index contributed by atoms with van der Waals surface area (Å²) >= 11 is 0. The standard InChI is InChI=1S/C5H10O/c1-3-5-4(2)6-5/h4-5H,3H2,1-2H3/t4-,5+/m0/s1. The van der Waals surface area contributed by atoms with E-state index in [-0.39, 0.29) is 0 Å². The molecule has 1 aliphatic rings. The Balaban J connectivity index is 2.09. The predicted octanol–water partition coefficient (Wildman–Crippen LogP) is 1.18. The van der Waals surface area contributed by atoms with E-state index in [1.807, 2.05) is 0 Å². The zero-order valence-electron chi connectivity index (χ0n) is 4.27. The van der Waals surface area contributed by atoms with Gasteiger partial charge >= 0.3 is 0 Å². The molecule has 0 spiro atoms. The Bertz CT molecular complexity index is 49.9. The minimum atomic E-state index is 0.565. The van der Waals surface area contributed by atoms with E-state index in [1.165, 1.54) is 6.42 Å². The highest BCUT2D eigenvalue weighted by Gasteiger charge is 2.31. The molecule has 1 heterocycles. The van der Waals surface area contributed by atoms with Gasteiger partial charge in [0, 0.05) is 0 Å². The van der Waals surface area contributed by atoms with E-state index in [4.69, 9.17) is 4.74 Å². The maximum Gasteiger partial charge on any atom is 0.0836 e. The molecule has 1 heteroatoms. The molecule has 0 saturated carbocycles. The minimum absolute atomic E-state index is 0.565. The SMILES string of the molecule is CC[C@H]1O[C@H]1C. The van der Waals surface area contributed by atoms with Gasteiger partial charge in [0.25, 0.3) is 0 Å². The van der Waals surface area contributed by atoms with Crippen LogP contribution < -0.4 is 0 Å². The number of hydrogen-bond acceptors (Lipinski definition) is 1. The summed E-state index contributed by atoms with van der Waals surface area (Å²) in [6, 6.07) is 0. The van der Waals surface area contributed by atoms with Gasteiger partial charge in [-0.3, -0.25) is 0 Å². The quantitative estimate of drug-likeness (QED) is 0.436. The van der Waals surface area contributed by atoms with Crippen molar-refractivity contribution < 1.29 is 4.74 Å². The van der Waals surface area contributed by atoms with Gasteiger partial charge in [-0.05, 0) is 13.3 Å². The van der Waals surface area contributed by atoms with Crippen LogP contribution in [0.2, 0.25) is 0 Å². The van der Waals surface area contributed by atoms with Gasteiger partial charge in [-0.2, -0.15) is 0 Å². The van der Waals surface area contributed by atoms with Crippen molar-refractivity contribution in [2.45, 2.75) is 32.5 Å².